The molecule has 1 aliphatic carbocycles. The highest BCUT2D eigenvalue weighted by Crippen LogP contribution is 2.44. The van der Waals surface area contributed by atoms with Gasteiger partial charge in [-0.15, -0.1) is 0 Å². The Hall–Kier alpha value is -4.21. The van der Waals surface area contributed by atoms with Crippen molar-refractivity contribution in [3.05, 3.63) is 95.6 Å². The number of amides is 2. The van der Waals surface area contributed by atoms with E-state index < -0.39 is 35.5 Å². The Labute approximate surface area is 238 Å². The van der Waals surface area contributed by atoms with Crippen LogP contribution in [0.25, 0.3) is 11.1 Å². The molecule has 3 atom stereocenters. The van der Waals surface area contributed by atoms with Crippen LogP contribution >= 0.6 is 0 Å². The van der Waals surface area contributed by atoms with E-state index in [2.05, 4.69) is 39.8 Å². The van der Waals surface area contributed by atoms with Crippen molar-refractivity contribution in [1.82, 2.24) is 15.5 Å². The topological polar surface area (TPSA) is 117 Å². The number of aliphatic carboxylic acids is 1. The summed E-state index contributed by atoms with van der Waals surface area (Å²) in [6.45, 7) is 1.73. The number of likely N-dealkylation sites (tertiary alicyclic amines) is 1. The van der Waals surface area contributed by atoms with E-state index in [1.54, 1.807) is 0 Å². The van der Waals surface area contributed by atoms with Crippen LogP contribution in [0.1, 0.15) is 29.0 Å². The Balaban J connectivity index is 1.18. The number of benzene rings is 3. The maximum atomic E-state index is 13.8. The molecule has 3 aliphatic rings. The van der Waals surface area contributed by atoms with E-state index in [1.165, 1.54) is 0 Å². The van der Waals surface area contributed by atoms with Crippen molar-refractivity contribution < 1.29 is 29.0 Å². The van der Waals surface area contributed by atoms with Crippen LogP contribution in [0.2, 0.25) is 0 Å². The fraction of sp³-hybridized carbons (Fsp3) is 0.344. The lowest BCUT2D eigenvalue weighted by atomic mass is 9.95. The van der Waals surface area contributed by atoms with Gasteiger partial charge in [-0.3, -0.25) is 14.5 Å². The highest BCUT2D eigenvalue weighted by atomic mass is 16.5. The Kier molecular flexibility index (Phi) is 7.47. The van der Waals surface area contributed by atoms with Gasteiger partial charge in [-0.2, -0.15) is 0 Å². The Morgan fingerprint density at radius 3 is 2.27 bits per heavy atom. The smallest absolute Gasteiger partial charge is 0.408 e. The zero-order valence-electron chi connectivity index (χ0n) is 22.6. The fourth-order valence-corrected chi connectivity index (χ4v) is 6.29. The van der Waals surface area contributed by atoms with Crippen LogP contribution in [0.3, 0.4) is 0 Å². The SMILES string of the molecule is O=C(NC1(C(=O)NC2COCC2C(=O)O)CCN(Cc2ccccc2)C1)OCC1c2ccccc2-c2ccccc21. The van der Waals surface area contributed by atoms with Gasteiger partial charge in [0.15, 0.2) is 0 Å². The molecule has 0 aromatic heterocycles. The number of nitrogens with one attached hydrogen (secondary N) is 2. The monoisotopic (exact) mass is 555 g/mol. The summed E-state index contributed by atoms with van der Waals surface area (Å²) in [5.74, 6) is -2.40. The zero-order chi connectivity index (χ0) is 28.4. The zero-order valence-corrected chi connectivity index (χ0v) is 22.6. The lowest BCUT2D eigenvalue weighted by molar-refractivity contribution is -0.142. The fourth-order valence-electron chi connectivity index (χ4n) is 6.29. The van der Waals surface area contributed by atoms with Crippen molar-refractivity contribution in [2.24, 2.45) is 5.92 Å². The van der Waals surface area contributed by atoms with Gasteiger partial charge in [-0.05, 0) is 34.2 Å². The minimum absolute atomic E-state index is 0.0349. The predicted molar refractivity (Wildman–Crippen MR) is 151 cm³/mol. The van der Waals surface area contributed by atoms with Crippen molar-refractivity contribution in [1.29, 1.82) is 0 Å². The number of carbonyl (C=O) groups excluding carboxylic acids is 2. The molecule has 2 heterocycles. The number of carboxylic acid groups (broad SMARTS) is 1. The van der Waals surface area contributed by atoms with E-state index >= 15 is 0 Å². The summed E-state index contributed by atoms with van der Waals surface area (Å²) in [6, 6.07) is 25.5. The molecule has 3 aromatic rings. The molecule has 2 amide bonds. The van der Waals surface area contributed by atoms with Gasteiger partial charge in [0, 0.05) is 25.6 Å². The van der Waals surface area contributed by atoms with Gasteiger partial charge >= 0.3 is 12.1 Å². The van der Waals surface area contributed by atoms with Gasteiger partial charge in [-0.1, -0.05) is 78.9 Å². The standard InChI is InChI=1S/C32H33N3O6/c36-29(37)27-17-40-19-28(27)33-30(38)32(14-15-35(20-32)16-21-8-2-1-3-9-21)34-31(39)41-18-26-24-12-6-4-10-22(24)23-11-5-7-13-25(23)26/h1-13,26-28H,14-20H2,(H,33,38)(H,34,39)(H,36,37). The van der Waals surface area contributed by atoms with Crippen molar-refractivity contribution >= 4 is 18.0 Å². The molecule has 0 bridgehead atoms. The van der Waals surface area contributed by atoms with Crippen molar-refractivity contribution in [2.75, 3.05) is 32.9 Å². The van der Waals surface area contributed by atoms with Crippen LogP contribution in [0.5, 0.6) is 0 Å². The molecule has 3 aromatic carbocycles. The molecule has 2 saturated heterocycles. The summed E-state index contributed by atoms with van der Waals surface area (Å²) in [6.07, 6.45) is -0.317. The first kappa shape index (κ1) is 27.0. The number of hydrogen-bond acceptors (Lipinski definition) is 6. The number of alkyl carbamates (subject to hydrolysis) is 1. The molecule has 9 heteroatoms. The molecule has 9 nitrogen and oxygen atoms in total. The summed E-state index contributed by atoms with van der Waals surface area (Å²) >= 11 is 0. The first-order chi connectivity index (χ1) is 19.9. The van der Waals surface area contributed by atoms with Crippen LogP contribution in [0, 0.1) is 5.92 Å². The summed E-state index contributed by atoms with van der Waals surface area (Å²) in [7, 11) is 0. The number of fused-ring (bicyclic) bond motifs is 3. The van der Waals surface area contributed by atoms with Gasteiger partial charge in [0.1, 0.15) is 18.1 Å². The summed E-state index contributed by atoms with van der Waals surface area (Å²) < 4.78 is 11.1. The number of carboxylic acids is 1. The average molecular weight is 556 g/mol. The molecule has 6 rings (SSSR count). The van der Waals surface area contributed by atoms with Gasteiger partial charge in [-0.25, -0.2) is 4.79 Å². The maximum absolute atomic E-state index is 13.8. The molecule has 3 N–H and O–H groups in total. The molecule has 41 heavy (non-hydrogen) atoms. The maximum Gasteiger partial charge on any atom is 0.408 e. The van der Waals surface area contributed by atoms with Crippen molar-refractivity contribution in [3.63, 3.8) is 0 Å². The minimum atomic E-state index is -1.27. The van der Waals surface area contributed by atoms with Gasteiger partial charge in [0.25, 0.3) is 0 Å². The van der Waals surface area contributed by atoms with E-state index in [0.717, 1.165) is 27.8 Å². The van der Waals surface area contributed by atoms with Crippen LogP contribution in [-0.2, 0) is 25.6 Å². The Morgan fingerprint density at radius 2 is 1.59 bits per heavy atom. The molecular weight excluding hydrogens is 522 g/mol. The average Bonchev–Trinajstić information content (AvgIpc) is 3.69. The molecule has 2 fully saturated rings. The second-order valence-corrected chi connectivity index (χ2v) is 11.0. The first-order valence-corrected chi connectivity index (χ1v) is 13.9. The Morgan fingerprint density at radius 1 is 0.927 bits per heavy atom. The van der Waals surface area contributed by atoms with E-state index in [1.807, 2.05) is 54.6 Å². The predicted octanol–water partition coefficient (Wildman–Crippen LogP) is 3.39. The van der Waals surface area contributed by atoms with Gasteiger partial charge in [0.2, 0.25) is 5.91 Å². The van der Waals surface area contributed by atoms with Crippen LogP contribution in [0.15, 0.2) is 78.9 Å². The third kappa shape index (κ3) is 5.42. The third-order valence-corrected chi connectivity index (χ3v) is 8.43. The van der Waals surface area contributed by atoms with Crippen LogP contribution < -0.4 is 10.6 Å². The minimum Gasteiger partial charge on any atom is -0.481 e. The molecular formula is C32H33N3O6. The molecule has 0 radical (unpaired) electrons. The highest BCUT2D eigenvalue weighted by Gasteiger charge is 2.48. The normalized spacial score (nSPS) is 23.5. The molecule has 0 spiro atoms. The quantitative estimate of drug-likeness (QED) is 0.390. The van der Waals surface area contributed by atoms with E-state index in [0.29, 0.717) is 19.5 Å². The summed E-state index contributed by atoms with van der Waals surface area (Å²) in [4.78, 5) is 40.9. The summed E-state index contributed by atoms with van der Waals surface area (Å²) in [5.41, 5.74) is 4.29. The molecule has 2 aliphatic heterocycles. The van der Waals surface area contributed by atoms with Crippen LogP contribution in [0.4, 0.5) is 4.79 Å². The van der Waals surface area contributed by atoms with E-state index in [9.17, 15) is 19.5 Å². The first-order valence-electron chi connectivity index (χ1n) is 13.9. The lowest BCUT2D eigenvalue weighted by Gasteiger charge is -2.31. The number of carbonyl (C=O) groups is 3. The number of hydrogen-bond donors (Lipinski definition) is 3. The summed E-state index contributed by atoms with van der Waals surface area (Å²) in [5, 5.41) is 15.3. The van der Waals surface area contributed by atoms with E-state index in [4.69, 9.17) is 9.47 Å². The number of nitrogens with zero attached hydrogens (tertiary/aromatic N) is 1. The molecule has 0 saturated carbocycles. The highest BCUT2D eigenvalue weighted by molar-refractivity contribution is 5.91. The van der Waals surface area contributed by atoms with Gasteiger partial charge < -0.3 is 25.2 Å². The second kappa shape index (κ2) is 11.3. The second-order valence-electron chi connectivity index (χ2n) is 11.0. The van der Waals surface area contributed by atoms with Crippen LogP contribution in [-0.4, -0.2) is 72.5 Å². The largest absolute Gasteiger partial charge is 0.481 e. The van der Waals surface area contributed by atoms with E-state index in [-0.39, 0.29) is 32.3 Å². The third-order valence-electron chi connectivity index (χ3n) is 8.43. The molecule has 212 valence electrons. The lowest BCUT2D eigenvalue weighted by Crippen LogP contribution is -2.62. The van der Waals surface area contributed by atoms with Crippen molar-refractivity contribution in [3.8, 4) is 11.1 Å². The Bertz CT molecular complexity index is 1400. The number of ether oxygens (including phenoxy) is 2. The van der Waals surface area contributed by atoms with Crippen molar-refractivity contribution in [2.45, 2.75) is 30.5 Å². The molecule has 3 unspecified atom stereocenters. The van der Waals surface area contributed by atoms with Gasteiger partial charge in [0.05, 0.1) is 19.3 Å². The number of rotatable bonds is 8.